The molecule has 12 heteroatoms. The van der Waals surface area contributed by atoms with Crippen LogP contribution < -0.4 is 11.2 Å². The molecular weight excluding hydrogens is 465 g/mol. The lowest BCUT2D eigenvalue weighted by atomic mass is 9.76. The summed E-state index contributed by atoms with van der Waals surface area (Å²) >= 11 is 0. The van der Waals surface area contributed by atoms with Gasteiger partial charge in [0.25, 0.3) is 5.91 Å². The van der Waals surface area contributed by atoms with Crippen molar-refractivity contribution in [1.29, 1.82) is 0 Å². The van der Waals surface area contributed by atoms with Gasteiger partial charge in [0.2, 0.25) is 5.82 Å². The highest BCUT2D eigenvalue weighted by molar-refractivity contribution is 6.03. The summed E-state index contributed by atoms with van der Waals surface area (Å²) in [6, 6.07) is 3.91. The number of carbonyl (C=O) groups excluding carboxylic acids is 1. The number of H-pyrrole nitrogens is 1. The predicted octanol–water partition coefficient (Wildman–Crippen LogP) is 3.82. The molecule has 4 atom stereocenters. The van der Waals surface area contributed by atoms with E-state index in [0.717, 1.165) is 19.1 Å². The smallest absolute Gasteiger partial charge is 0.417 e. The van der Waals surface area contributed by atoms with Gasteiger partial charge in [0.1, 0.15) is 11.8 Å². The van der Waals surface area contributed by atoms with E-state index >= 15 is 0 Å². The van der Waals surface area contributed by atoms with Crippen LogP contribution in [0.1, 0.15) is 47.6 Å². The third-order valence-electron chi connectivity index (χ3n) is 6.43. The van der Waals surface area contributed by atoms with Crippen LogP contribution in [0.25, 0.3) is 10.9 Å². The Bertz CT molecular complexity index is 1370. The van der Waals surface area contributed by atoms with Crippen molar-refractivity contribution in [2.45, 2.75) is 37.6 Å². The number of rotatable bonds is 3. The van der Waals surface area contributed by atoms with E-state index < -0.39 is 58.4 Å². The number of aromatic nitrogens is 2. The summed E-state index contributed by atoms with van der Waals surface area (Å²) in [5, 5.41) is 10.1. The zero-order chi connectivity index (χ0) is 25.2. The summed E-state index contributed by atoms with van der Waals surface area (Å²) in [5.74, 6) is -7.87. The number of phenols is 1. The molecule has 1 amide bonds. The first-order chi connectivity index (χ1) is 15.8. The molecule has 180 valence electrons. The van der Waals surface area contributed by atoms with Crippen LogP contribution in [0.4, 0.5) is 22.0 Å². The van der Waals surface area contributed by atoms with E-state index in [9.17, 15) is 36.6 Å². The van der Waals surface area contributed by atoms with Gasteiger partial charge < -0.3 is 20.6 Å². The second-order valence-corrected chi connectivity index (χ2v) is 8.29. The van der Waals surface area contributed by atoms with Crippen molar-refractivity contribution in [3.63, 3.8) is 0 Å². The lowest BCUT2D eigenvalue weighted by Crippen LogP contribution is -2.46. The average Bonchev–Trinajstić information content (AvgIpc) is 3.03. The lowest BCUT2D eigenvalue weighted by Gasteiger charge is -2.31. The molecule has 0 radical (unpaired) electrons. The molecule has 3 aromatic rings. The topological polar surface area (TPSA) is 118 Å². The molecule has 1 aromatic carbocycles. The molecule has 4 N–H and O–H groups in total. The van der Waals surface area contributed by atoms with Gasteiger partial charge in [0.05, 0.1) is 10.9 Å². The monoisotopic (exact) mass is 483 g/mol. The quantitative estimate of drug-likeness (QED) is 0.490. The van der Waals surface area contributed by atoms with Crippen molar-refractivity contribution in [2.24, 2.45) is 11.7 Å². The number of alkyl halides is 3. The summed E-state index contributed by atoms with van der Waals surface area (Å²) in [5.41, 5.74) is 0.991. The number of phenolic OH excluding ortho intramolecular Hbond substituents is 1. The number of fused-ring (bicyclic) bond motifs is 1. The maximum atomic E-state index is 14.1. The van der Waals surface area contributed by atoms with Gasteiger partial charge in [-0.2, -0.15) is 17.6 Å². The number of pyridine rings is 2. The number of aromatic amines is 1. The van der Waals surface area contributed by atoms with E-state index in [1.807, 2.05) is 0 Å². The van der Waals surface area contributed by atoms with Crippen molar-refractivity contribution in [2.75, 3.05) is 0 Å². The van der Waals surface area contributed by atoms with Gasteiger partial charge in [-0.15, -0.1) is 0 Å². The van der Waals surface area contributed by atoms with Gasteiger partial charge in [-0.1, -0.05) is 13.0 Å². The fraction of sp³-hybridized carbons (Fsp3) is 0.318. The number of hydrogen-bond donors (Lipinski definition) is 3. The van der Waals surface area contributed by atoms with Crippen LogP contribution >= 0.6 is 0 Å². The van der Waals surface area contributed by atoms with Gasteiger partial charge in [0, 0.05) is 35.4 Å². The van der Waals surface area contributed by atoms with Crippen LogP contribution in [-0.4, -0.2) is 32.8 Å². The molecule has 1 aliphatic rings. The van der Waals surface area contributed by atoms with Crippen molar-refractivity contribution in [1.82, 2.24) is 9.97 Å². The van der Waals surface area contributed by atoms with E-state index in [0.29, 0.717) is 6.07 Å². The van der Waals surface area contributed by atoms with Gasteiger partial charge in [0.15, 0.2) is 22.6 Å². The fourth-order valence-corrected chi connectivity index (χ4v) is 4.45. The first-order valence-electron chi connectivity index (χ1n) is 10.0. The number of ether oxygens (including phenoxy) is 1. The van der Waals surface area contributed by atoms with Crippen LogP contribution in [0.5, 0.6) is 5.75 Å². The van der Waals surface area contributed by atoms with Crippen molar-refractivity contribution < 1.29 is 36.6 Å². The van der Waals surface area contributed by atoms with Crippen LogP contribution in [0, 0.1) is 17.6 Å². The molecule has 0 aliphatic carbocycles. The Morgan fingerprint density at radius 1 is 1.26 bits per heavy atom. The Morgan fingerprint density at radius 2 is 1.94 bits per heavy atom. The number of aromatic hydroxyl groups is 1. The molecule has 0 unspecified atom stereocenters. The number of primary amides is 1. The molecule has 7 nitrogen and oxygen atoms in total. The number of carbonyl (C=O) groups is 1. The minimum Gasteiger partial charge on any atom is -0.505 e. The Hall–Kier alpha value is -3.54. The number of nitrogens with one attached hydrogen (secondary N) is 1. The summed E-state index contributed by atoms with van der Waals surface area (Å²) in [6.07, 6.45) is -5.23. The third kappa shape index (κ3) is 3.40. The van der Waals surface area contributed by atoms with E-state index in [1.54, 1.807) is 0 Å². The van der Waals surface area contributed by atoms with Gasteiger partial charge in [-0.25, -0.2) is 4.39 Å². The number of hydrogen-bond acceptors (Lipinski definition) is 5. The average molecular weight is 483 g/mol. The number of halogens is 5. The Morgan fingerprint density at radius 3 is 2.56 bits per heavy atom. The molecule has 0 bridgehead atoms. The number of nitrogens with two attached hydrogens (primary N) is 1. The Labute approximate surface area is 188 Å². The maximum absolute atomic E-state index is 14.1. The zero-order valence-corrected chi connectivity index (χ0v) is 17.7. The zero-order valence-electron chi connectivity index (χ0n) is 17.7. The van der Waals surface area contributed by atoms with Gasteiger partial charge in [-0.05, 0) is 19.1 Å². The van der Waals surface area contributed by atoms with E-state index in [1.165, 1.54) is 19.2 Å². The van der Waals surface area contributed by atoms with Gasteiger partial charge in [-0.3, -0.25) is 14.6 Å². The Kier molecular flexibility index (Phi) is 5.39. The molecular formula is C22H18F5N3O4. The SMILES string of the molecule is C[C@H]1[C@@H](c2ccc(F)c(F)c2O)[C@H](c2cc(=O)c3c(C(N)=O)nccc3[nH]2)O[C@@]1(C)C(F)(F)F. The number of amides is 1. The second-order valence-electron chi connectivity index (χ2n) is 8.29. The first-order valence-corrected chi connectivity index (χ1v) is 10.0. The summed E-state index contributed by atoms with van der Waals surface area (Å²) in [7, 11) is 0. The lowest BCUT2D eigenvalue weighted by molar-refractivity contribution is -0.275. The third-order valence-corrected chi connectivity index (χ3v) is 6.43. The molecule has 1 fully saturated rings. The summed E-state index contributed by atoms with van der Waals surface area (Å²) in [4.78, 5) is 31.0. The predicted molar refractivity (Wildman–Crippen MR) is 109 cm³/mol. The molecule has 2 aromatic heterocycles. The number of benzene rings is 1. The standard InChI is InChI=1S/C22H18F5N3O4/c1-8-14(9-3-4-10(23)16(24)18(9)32)19(34-21(8,2)22(25,26)27)12-7-13(31)15-11(30-12)5-6-29-17(15)20(28)33/h3-8,14,19,32H,1-2H3,(H2,28,33)(H,30,31)/t8-,14-,19-,21+/m0/s1. The molecule has 0 spiro atoms. The van der Waals surface area contributed by atoms with Crippen LogP contribution in [0.2, 0.25) is 0 Å². The normalized spacial score (nSPS) is 25.1. The second kappa shape index (κ2) is 7.76. The summed E-state index contributed by atoms with van der Waals surface area (Å²) < 4.78 is 75.3. The van der Waals surface area contributed by atoms with Crippen molar-refractivity contribution >= 4 is 16.8 Å². The minimum atomic E-state index is -4.88. The molecule has 1 aliphatic heterocycles. The molecule has 34 heavy (non-hydrogen) atoms. The van der Waals surface area contributed by atoms with E-state index in [2.05, 4.69) is 9.97 Å². The molecule has 1 saturated heterocycles. The van der Waals surface area contributed by atoms with Crippen molar-refractivity contribution in [3.05, 3.63) is 69.3 Å². The van der Waals surface area contributed by atoms with Crippen LogP contribution in [0.15, 0.2) is 35.3 Å². The summed E-state index contributed by atoms with van der Waals surface area (Å²) in [6.45, 7) is 2.00. The van der Waals surface area contributed by atoms with Gasteiger partial charge >= 0.3 is 6.18 Å². The highest BCUT2D eigenvalue weighted by atomic mass is 19.4. The first kappa shape index (κ1) is 23.6. The highest BCUT2D eigenvalue weighted by Gasteiger charge is 2.65. The van der Waals surface area contributed by atoms with Crippen LogP contribution in [0.3, 0.4) is 0 Å². The molecule has 4 rings (SSSR count). The molecule has 0 saturated carbocycles. The largest absolute Gasteiger partial charge is 0.505 e. The van der Waals surface area contributed by atoms with Crippen LogP contribution in [-0.2, 0) is 4.74 Å². The fourth-order valence-electron chi connectivity index (χ4n) is 4.45. The molecule has 3 heterocycles. The van der Waals surface area contributed by atoms with E-state index in [4.69, 9.17) is 10.5 Å². The number of nitrogens with zero attached hydrogens (tertiary/aromatic N) is 1. The minimum absolute atomic E-state index is 0.0522. The maximum Gasteiger partial charge on any atom is 0.417 e. The highest BCUT2D eigenvalue weighted by Crippen LogP contribution is 2.59. The van der Waals surface area contributed by atoms with Crippen molar-refractivity contribution in [3.8, 4) is 5.75 Å². The van der Waals surface area contributed by atoms with E-state index in [-0.39, 0.29) is 27.9 Å². The Balaban J connectivity index is 1.96.